The van der Waals surface area contributed by atoms with Gasteiger partial charge in [0, 0.05) is 6.07 Å². The molecule has 0 amide bonds. The zero-order valence-corrected chi connectivity index (χ0v) is 10.3. The number of nitro groups is 1. The smallest absolute Gasteiger partial charge is 0.273 e. The fraction of sp³-hybridized carbons (Fsp3) is 0.200. The number of nitrogens with two attached hydrogens (primary N) is 1. The molecule has 0 aliphatic heterocycles. The molecule has 0 saturated heterocycles. The third-order valence-corrected chi connectivity index (χ3v) is 2.94. The van der Waals surface area contributed by atoms with Gasteiger partial charge in [-0.25, -0.2) is 0 Å². The number of nitrogens with zero attached hydrogens (tertiary/aromatic N) is 3. The highest BCUT2D eigenvalue weighted by Gasteiger charge is 2.10. The molecule has 8 heteroatoms. The van der Waals surface area contributed by atoms with Crippen molar-refractivity contribution in [3.63, 3.8) is 0 Å². The molecule has 0 fully saturated rings. The lowest BCUT2D eigenvalue weighted by Gasteiger charge is -2.06. The van der Waals surface area contributed by atoms with Crippen molar-refractivity contribution < 1.29 is 9.66 Å². The molecule has 94 valence electrons. The van der Waals surface area contributed by atoms with Crippen LogP contribution in [0.2, 0.25) is 0 Å². The lowest BCUT2D eigenvalue weighted by molar-refractivity contribution is -0.385. The van der Waals surface area contributed by atoms with Crippen molar-refractivity contribution in [3.8, 4) is 5.75 Å². The number of anilines is 1. The summed E-state index contributed by atoms with van der Waals surface area (Å²) in [7, 11) is 0. The molecule has 0 saturated carbocycles. The van der Waals surface area contributed by atoms with Gasteiger partial charge in [0.05, 0.1) is 11.0 Å². The molecular formula is C10H10N4O3S. The number of hydrogen-bond donors (Lipinski definition) is 1. The largest absolute Gasteiger partial charge is 0.486 e. The molecule has 0 unspecified atom stereocenters. The first-order valence-corrected chi connectivity index (χ1v) is 5.83. The van der Waals surface area contributed by atoms with Gasteiger partial charge in [0.15, 0.2) is 5.01 Å². The molecular weight excluding hydrogens is 256 g/mol. The first kappa shape index (κ1) is 12.2. The van der Waals surface area contributed by atoms with Crippen LogP contribution in [-0.2, 0) is 6.61 Å². The van der Waals surface area contributed by atoms with E-state index in [2.05, 4.69) is 10.2 Å². The second-order valence-electron chi connectivity index (χ2n) is 3.53. The number of rotatable bonds is 4. The van der Waals surface area contributed by atoms with Crippen molar-refractivity contribution >= 4 is 22.2 Å². The molecule has 0 radical (unpaired) electrons. The molecule has 1 heterocycles. The third-order valence-electron chi connectivity index (χ3n) is 2.22. The molecule has 0 atom stereocenters. The van der Waals surface area contributed by atoms with E-state index in [1.54, 1.807) is 6.07 Å². The van der Waals surface area contributed by atoms with Gasteiger partial charge in [-0.15, -0.1) is 10.2 Å². The predicted molar refractivity (Wildman–Crippen MR) is 66.5 cm³/mol. The van der Waals surface area contributed by atoms with Crippen LogP contribution in [0.5, 0.6) is 5.75 Å². The molecule has 0 bridgehead atoms. The summed E-state index contributed by atoms with van der Waals surface area (Å²) in [5.74, 6) is 0.456. The van der Waals surface area contributed by atoms with E-state index in [4.69, 9.17) is 10.5 Å². The van der Waals surface area contributed by atoms with Crippen molar-refractivity contribution in [1.82, 2.24) is 10.2 Å². The van der Waals surface area contributed by atoms with Crippen molar-refractivity contribution in [2.75, 3.05) is 5.73 Å². The van der Waals surface area contributed by atoms with Crippen LogP contribution in [0.1, 0.15) is 10.6 Å². The Morgan fingerprint density at radius 3 is 2.89 bits per heavy atom. The Balaban J connectivity index is 2.13. The number of nitrogen functional groups attached to an aromatic ring is 1. The Kier molecular flexibility index (Phi) is 3.38. The Labute approximate surface area is 106 Å². The fourth-order valence-corrected chi connectivity index (χ4v) is 1.84. The number of hydrogen-bond acceptors (Lipinski definition) is 7. The molecule has 18 heavy (non-hydrogen) atoms. The zero-order chi connectivity index (χ0) is 13.1. The normalized spacial score (nSPS) is 10.3. The van der Waals surface area contributed by atoms with E-state index in [1.807, 2.05) is 6.92 Å². The van der Waals surface area contributed by atoms with Gasteiger partial charge in [0.2, 0.25) is 5.13 Å². The van der Waals surface area contributed by atoms with Crippen molar-refractivity contribution in [2.45, 2.75) is 13.5 Å². The minimum Gasteiger partial charge on any atom is -0.486 e. The highest BCUT2D eigenvalue weighted by Crippen LogP contribution is 2.25. The minimum absolute atomic E-state index is 0.00706. The molecule has 0 aliphatic rings. The number of benzene rings is 1. The molecule has 2 aromatic rings. The molecule has 2 N–H and O–H groups in total. The van der Waals surface area contributed by atoms with Gasteiger partial charge in [0.1, 0.15) is 12.4 Å². The molecule has 0 spiro atoms. The summed E-state index contributed by atoms with van der Waals surface area (Å²) in [5.41, 5.74) is 6.25. The maximum atomic E-state index is 10.7. The summed E-state index contributed by atoms with van der Waals surface area (Å²) >= 11 is 1.22. The average Bonchev–Trinajstić information content (AvgIpc) is 2.74. The number of non-ortho nitro benzene ring substituents is 1. The van der Waals surface area contributed by atoms with Gasteiger partial charge in [-0.1, -0.05) is 11.3 Å². The summed E-state index contributed by atoms with van der Waals surface area (Å²) in [4.78, 5) is 10.2. The minimum atomic E-state index is -0.463. The second-order valence-corrected chi connectivity index (χ2v) is 4.62. The Hall–Kier alpha value is -2.22. The van der Waals surface area contributed by atoms with Crippen LogP contribution < -0.4 is 10.5 Å². The van der Waals surface area contributed by atoms with E-state index < -0.39 is 4.92 Å². The highest BCUT2D eigenvalue weighted by molar-refractivity contribution is 7.15. The quantitative estimate of drug-likeness (QED) is 0.669. The molecule has 0 aliphatic carbocycles. The third kappa shape index (κ3) is 2.72. The first-order valence-electron chi connectivity index (χ1n) is 5.02. The fourth-order valence-electron chi connectivity index (χ4n) is 1.32. The van der Waals surface area contributed by atoms with E-state index in [1.165, 1.54) is 23.5 Å². The number of nitro benzene ring substituents is 1. The number of aromatic nitrogens is 2. The summed E-state index contributed by atoms with van der Waals surface area (Å²) in [6, 6.07) is 4.47. The van der Waals surface area contributed by atoms with Crippen LogP contribution in [0.25, 0.3) is 0 Å². The SMILES string of the molecule is Cc1ccc([N+](=O)[O-])cc1OCc1nnc(N)s1. The van der Waals surface area contributed by atoms with E-state index in [0.29, 0.717) is 15.9 Å². The average molecular weight is 266 g/mol. The van der Waals surface area contributed by atoms with E-state index in [0.717, 1.165) is 5.56 Å². The lowest BCUT2D eigenvalue weighted by atomic mass is 10.2. The van der Waals surface area contributed by atoms with Gasteiger partial charge in [-0.05, 0) is 18.6 Å². The Morgan fingerprint density at radius 1 is 1.50 bits per heavy atom. The summed E-state index contributed by atoms with van der Waals surface area (Å²) < 4.78 is 5.47. The highest BCUT2D eigenvalue weighted by atomic mass is 32.1. The summed E-state index contributed by atoms with van der Waals surface area (Å²) in [6.45, 7) is 2.00. The second kappa shape index (κ2) is 4.96. The van der Waals surface area contributed by atoms with E-state index in [9.17, 15) is 10.1 Å². The van der Waals surface area contributed by atoms with Crippen molar-refractivity contribution in [2.24, 2.45) is 0 Å². The van der Waals surface area contributed by atoms with Crippen LogP contribution in [0.15, 0.2) is 18.2 Å². The first-order chi connectivity index (χ1) is 8.56. The predicted octanol–water partition coefficient (Wildman–Crippen LogP) is 1.92. The van der Waals surface area contributed by atoms with Gasteiger partial charge in [-0.3, -0.25) is 10.1 Å². The van der Waals surface area contributed by atoms with Crippen LogP contribution in [0.4, 0.5) is 10.8 Å². The van der Waals surface area contributed by atoms with Crippen LogP contribution in [0.3, 0.4) is 0 Å². The van der Waals surface area contributed by atoms with Gasteiger partial charge >= 0.3 is 0 Å². The van der Waals surface area contributed by atoms with Gasteiger partial charge < -0.3 is 10.5 Å². The zero-order valence-electron chi connectivity index (χ0n) is 9.49. The number of ether oxygens (including phenoxy) is 1. The molecule has 1 aromatic carbocycles. The van der Waals surface area contributed by atoms with Crippen molar-refractivity contribution in [3.05, 3.63) is 38.9 Å². The maximum Gasteiger partial charge on any atom is 0.273 e. The lowest BCUT2D eigenvalue weighted by Crippen LogP contribution is -1.98. The summed E-state index contributed by atoms with van der Waals surface area (Å²) in [5, 5.41) is 19.1. The number of aryl methyl sites for hydroxylation is 1. The van der Waals surface area contributed by atoms with E-state index >= 15 is 0 Å². The standard InChI is InChI=1S/C10H10N4O3S/c1-6-2-3-7(14(15)16)4-8(6)17-5-9-12-13-10(11)18-9/h2-4H,5H2,1H3,(H2,11,13). The Morgan fingerprint density at radius 2 is 2.28 bits per heavy atom. The van der Waals surface area contributed by atoms with Crippen molar-refractivity contribution in [1.29, 1.82) is 0 Å². The van der Waals surface area contributed by atoms with Crippen LogP contribution in [0, 0.1) is 17.0 Å². The topological polar surface area (TPSA) is 104 Å². The molecule has 1 aromatic heterocycles. The van der Waals surface area contributed by atoms with E-state index in [-0.39, 0.29) is 12.3 Å². The molecule has 7 nitrogen and oxygen atoms in total. The van der Waals surface area contributed by atoms with Crippen LogP contribution >= 0.6 is 11.3 Å². The monoisotopic (exact) mass is 266 g/mol. The maximum absolute atomic E-state index is 10.7. The molecule has 2 rings (SSSR count). The van der Waals surface area contributed by atoms with Gasteiger partial charge in [-0.2, -0.15) is 0 Å². The van der Waals surface area contributed by atoms with Gasteiger partial charge in [0.25, 0.3) is 5.69 Å². The Bertz CT molecular complexity index is 584. The van der Waals surface area contributed by atoms with Crippen LogP contribution in [-0.4, -0.2) is 15.1 Å². The summed E-state index contributed by atoms with van der Waals surface area (Å²) in [6.07, 6.45) is 0.